The van der Waals surface area contributed by atoms with E-state index in [1.807, 2.05) is 13.0 Å². The Hall–Kier alpha value is -1.09. The summed E-state index contributed by atoms with van der Waals surface area (Å²) in [5.74, 6) is 0. The number of phosphoric ester groups is 1. The zero-order valence-electron chi connectivity index (χ0n) is 30.4. The van der Waals surface area contributed by atoms with Crippen molar-refractivity contribution >= 4 is 7.82 Å². The van der Waals surface area contributed by atoms with Gasteiger partial charge in [0.05, 0.1) is 6.61 Å². The average Bonchev–Trinajstić information content (AvgIpc) is 3.06. The Labute approximate surface area is 288 Å². The molecule has 0 fully saturated rings. The van der Waals surface area contributed by atoms with Crippen LogP contribution in [0.15, 0.2) is 36.4 Å². The number of hydrogen-bond acceptors (Lipinski definition) is 6. The van der Waals surface area contributed by atoms with E-state index in [0.717, 1.165) is 32.1 Å². The highest BCUT2D eigenvalue weighted by Gasteiger charge is 2.21. The predicted octanol–water partition coefficient (Wildman–Crippen LogP) is 7.31. The Morgan fingerprint density at radius 1 is 0.830 bits per heavy atom. The first-order valence-electron chi connectivity index (χ1n) is 18.8. The van der Waals surface area contributed by atoms with Gasteiger partial charge in [0.2, 0.25) is 0 Å². The van der Waals surface area contributed by atoms with Gasteiger partial charge in [-0.05, 0) is 56.1 Å². The van der Waals surface area contributed by atoms with Crippen molar-refractivity contribution in [2.75, 3.05) is 13.2 Å². The maximum Gasteiger partial charge on any atom is 0.265 e. The Balaban J connectivity index is 0.000000907. The molecule has 0 saturated carbocycles. The fraction of sp³-hybridized carbons (Fsp3) is 0.789. The van der Waals surface area contributed by atoms with Crippen LogP contribution in [0.5, 0.6) is 0 Å². The van der Waals surface area contributed by atoms with Gasteiger partial charge in [-0.2, -0.15) is 0 Å². The molecule has 276 valence electrons. The summed E-state index contributed by atoms with van der Waals surface area (Å²) in [6.07, 6.45) is 29.8. The van der Waals surface area contributed by atoms with E-state index in [2.05, 4.69) is 48.4 Å². The van der Waals surface area contributed by atoms with Crippen LogP contribution in [-0.4, -0.2) is 46.0 Å². The summed E-state index contributed by atoms with van der Waals surface area (Å²) in [6, 6.07) is 8.32. The second-order valence-corrected chi connectivity index (χ2v) is 14.7. The fourth-order valence-electron chi connectivity index (χ4n) is 5.35. The highest BCUT2D eigenvalue weighted by Crippen LogP contribution is 2.30. The van der Waals surface area contributed by atoms with Crippen molar-refractivity contribution in [1.29, 1.82) is 0 Å². The van der Waals surface area contributed by atoms with Gasteiger partial charge >= 0.3 is 0 Å². The Morgan fingerprint density at radius 2 is 1.28 bits per heavy atom. The van der Waals surface area contributed by atoms with Crippen LogP contribution >= 0.6 is 7.82 Å². The minimum absolute atomic E-state index is 0.0691. The number of aryl methyl sites for hydroxylation is 2. The number of rotatable bonds is 29. The number of benzene rings is 1. The first-order valence-corrected chi connectivity index (χ1v) is 20.3. The van der Waals surface area contributed by atoms with Crippen molar-refractivity contribution in [2.45, 2.75) is 180 Å². The molecule has 4 unspecified atom stereocenters. The van der Waals surface area contributed by atoms with Crippen molar-refractivity contribution < 1.29 is 34.8 Å². The number of nitrogens with two attached hydrogens (primary N) is 1. The molecule has 0 spiro atoms. The molecule has 9 heteroatoms. The van der Waals surface area contributed by atoms with E-state index in [0.29, 0.717) is 0 Å². The van der Waals surface area contributed by atoms with E-state index in [1.165, 1.54) is 120 Å². The molecule has 0 aliphatic heterocycles. The van der Waals surface area contributed by atoms with E-state index in [9.17, 15) is 19.7 Å². The summed E-state index contributed by atoms with van der Waals surface area (Å²) in [5, 5.41) is 19.1. The molecule has 47 heavy (non-hydrogen) atoms. The van der Waals surface area contributed by atoms with E-state index >= 15 is 0 Å². The summed E-state index contributed by atoms with van der Waals surface area (Å²) in [7, 11) is -4.74. The lowest BCUT2D eigenvalue weighted by molar-refractivity contribution is -0.438. The number of allylic oxidation sites excluding steroid dienone is 1. The van der Waals surface area contributed by atoms with Crippen LogP contribution in [0.4, 0.5) is 0 Å². The second-order valence-electron chi connectivity index (χ2n) is 13.5. The highest BCUT2D eigenvalue weighted by molar-refractivity contribution is 7.44. The lowest BCUT2D eigenvalue weighted by atomic mass is 9.90. The molecular weight excluding hydrogens is 611 g/mol. The van der Waals surface area contributed by atoms with Crippen LogP contribution in [0.25, 0.3) is 0 Å². The standard InChI is InChI=1S/C20H35NO.C18H38NO5P/c1-3-5-6-7-8-9-10-18-11-13-19(14-12-18)15-16-20(21,4-2)17-22;1-2-3-4-5-6-7-8-9-10-11-12-13-14-15-18(20)17(19)16-24-25(21,22)23/h11-14,22H,3-10,15-17,21H2,1-2H3;14-15,17-18,20H,2-13,16,19H2,1H3,(H2,21,22,23)/b;15-14+. The summed E-state index contributed by atoms with van der Waals surface area (Å²) in [5.41, 5.74) is 12.1. The van der Waals surface area contributed by atoms with Crippen molar-refractivity contribution in [3.63, 3.8) is 0 Å². The van der Waals surface area contributed by atoms with E-state index in [4.69, 9.17) is 10.6 Å². The Kier molecular flexibility index (Phi) is 29.1. The molecule has 0 bridgehead atoms. The zero-order valence-corrected chi connectivity index (χ0v) is 31.3. The molecule has 0 aliphatic carbocycles. The van der Waals surface area contributed by atoms with Crippen molar-refractivity contribution in [1.82, 2.24) is 0 Å². The molecule has 1 aromatic carbocycles. The van der Waals surface area contributed by atoms with Crippen LogP contribution in [0.1, 0.15) is 160 Å². The van der Waals surface area contributed by atoms with Crippen LogP contribution in [0.2, 0.25) is 0 Å². The third-order valence-corrected chi connectivity index (χ3v) is 9.49. The van der Waals surface area contributed by atoms with Crippen LogP contribution < -0.4 is 16.4 Å². The fourth-order valence-corrected chi connectivity index (χ4v) is 5.73. The Bertz CT molecular complexity index is 904. The van der Waals surface area contributed by atoms with Gasteiger partial charge in [0, 0.05) is 5.54 Å². The van der Waals surface area contributed by atoms with Crippen LogP contribution in [0, 0.1) is 0 Å². The number of unbranched alkanes of at least 4 members (excludes halogenated alkanes) is 16. The van der Waals surface area contributed by atoms with Gasteiger partial charge in [-0.25, -0.2) is 0 Å². The average molecular weight is 685 g/mol. The molecule has 0 heterocycles. The van der Waals surface area contributed by atoms with Gasteiger partial charge in [-0.1, -0.05) is 154 Å². The summed E-state index contributed by atoms with van der Waals surface area (Å²) >= 11 is 0. The van der Waals surface area contributed by atoms with Gasteiger partial charge in [0.15, 0.2) is 0 Å². The third kappa shape index (κ3) is 28.5. The molecule has 0 aromatic heterocycles. The first kappa shape index (κ1) is 45.9. The van der Waals surface area contributed by atoms with E-state index in [-0.39, 0.29) is 13.2 Å². The molecule has 0 radical (unpaired) electrons. The van der Waals surface area contributed by atoms with Gasteiger partial charge < -0.3 is 36.0 Å². The zero-order chi connectivity index (χ0) is 35.2. The van der Waals surface area contributed by atoms with Crippen LogP contribution in [0.3, 0.4) is 0 Å². The first-order chi connectivity index (χ1) is 22.5. The summed E-state index contributed by atoms with van der Waals surface area (Å²) in [4.78, 5) is 19.0. The second kappa shape index (κ2) is 29.8. The molecule has 8 N–H and O–H groups in total. The Morgan fingerprint density at radius 3 is 1.72 bits per heavy atom. The summed E-state index contributed by atoms with van der Waals surface area (Å²) in [6.45, 7) is 6.28. The predicted molar refractivity (Wildman–Crippen MR) is 195 cm³/mol. The maximum atomic E-state index is 10.5. The minimum Gasteiger partial charge on any atom is -0.756 e. The number of aliphatic hydroxyl groups excluding tert-OH is 2. The van der Waals surface area contributed by atoms with Crippen molar-refractivity contribution in [2.24, 2.45) is 5.73 Å². The quantitative estimate of drug-likeness (QED) is 0.0335. The molecule has 1 rings (SSSR count). The van der Waals surface area contributed by atoms with Crippen molar-refractivity contribution in [3.05, 3.63) is 47.5 Å². The normalized spacial score (nSPS) is 15.5. The maximum absolute atomic E-state index is 10.5. The monoisotopic (exact) mass is 685 g/mol. The molecule has 4 atom stereocenters. The van der Waals surface area contributed by atoms with E-state index < -0.39 is 25.5 Å². The molecule has 1 aromatic rings. The molecule has 0 saturated heterocycles. The van der Waals surface area contributed by atoms with Gasteiger partial charge in [0.1, 0.15) is 18.8 Å². The van der Waals surface area contributed by atoms with Gasteiger partial charge in [-0.15, -0.1) is 0 Å². The molecule has 0 aliphatic rings. The third-order valence-electron chi connectivity index (χ3n) is 9.01. The number of phosphoric acid groups is 1. The largest absolute Gasteiger partial charge is 0.756 e. The summed E-state index contributed by atoms with van der Waals surface area (Å²) < 4.78 is 14.7. The number of hydrogen-bond donors (Lipinski definition) is 5. The topological polar surface area (TPSA) is 164 Å². The smallest absolute Gasteiger partial charge is 0.265 e. The van der Waals surface area contributed by atoms with Gasteiger partial charge in [-0.3, -0.25) is 4.57 Å². The molecule has 8 nitrogen and oxygen atoms in total. The van der Waals surface area contributed by atoms with Gasteiger partial charge in [0.25, 0.3) is 7.82 Å². The lowest BCUT2D eigenvalue weighted by Gasteiger charge is -2.25. The highest BCUT2D eigenvalue weighted by atomic mass is 31.2. The SMILES string of the molecule is CCCCCCCCCCCCC/C=C/C(O)C([NH3+])COP(=O)([O-])O.CCCCCCCCc1ccc(CCC(N)(CC)CO)cc1. The number of aliphatic hydroxyl groups is 2. The van der Waals surface area contributed by atoms with Crippen molar-refractivity contribution in [3.8, 4) is 0 Å². The van der Waals surface area contributed by atoms with E-state index in [1.54, 1.807) is 6.08 Å². The number of quaternary nitrogens is 1. The molecule has 0 amide bonds. The van der Waals surface area contributed by atoms with Crippen LogP contribution in [-0.2, 0) is 21.9 Å². The minimum atomic E-state index is -4.74. The lowest BCUT2D eigenvalue weighted by Crippen LogP contribution is -2.68. The molecular formula is C38H73N2O6P.